The predicted molar refractivity (Wildman–Crippen MR) is 110 cm³/mol. The van der Waals surface area contributed by atoms with Crippen molar-refractivity contribution in [2.75, 3.05) is 12.3 Å². The zero-order chi connectivity index (χ0) is 22.4. The molecule has 2 aromatic carbocycles. The fourth-order valence-electron chi connectivity index (χ4n) is 4.32. The third-order valence-corrected chi connectivity index (χ3v) is 5.92. The van der Waals surface area contributed by atoms with Gasteiger partial charge in [-0.25, -0.2) is 17.8 Å². The van der Waals surface area contributed by atoms with Crippen molar-refractivity contribution < 1.29 is 22.6 Å². The number of carbonyl (C=O) groups excluding carboxylic acids is 1. The van der Waals surface area contributed by atoms with E-state index in [0.29, 0.717) is 36.0 Å². The number of hydrogen-bond acceptors (Lipinski definition) is 5. The van der Waals surface area contributed by atoms with Crippen LogP contribution in [0.25, 0.3) is 22.2 Å². The first-order valence-electron chi connectivity index (χ1n) is 10.0. The summed E-state index contributed by atoms with van der Waals surface area (Å²) >= 11 is 0. The lowest BCUT2D eigenvalue weighted by Gasteiger charge is -2.36. The van der Waals surface area contributed by atoms with E-state index in [1.807, 2.05) is 0 Å². The highest BCUT2D eigenvalue weighted by atomic mass is 19.1. The number of nitrogens with two attached hydrogens (primary N) is 1. The van der Waals surface area contributed by atoms with Gasteiger partial charge in [-0.2, -0.15) is 0 Å². The van der Waals surface area contributed by atoms with Crippen LogP contribution in [0.4, 0.5) is 19.0 Å². The Morgan fingerprint density at radius 2 is 1.88 bits per heavy atom. The van der Waals surface area contributed by atoms with Crippen molar-refractivity contribution in [2.45, 2.75) is 18.8 Å². The number of fused-ring (bicyclic) bond motifs is 1. The van der Waals surface area contributed by atoms with E-state index in [9.17, 15) is 18.0 Å². The number of nitrogen functional groups attached to an aromatic ring is 1. The summed E-state index contributed by atoms with van der Waals surface area (Å²) in [5, 5.41) is 10.1. The van der Waals surface area contributed by atoms with Crippen molar-refractivity contribution >= 4 is 22.6 Å². The number of nitrogens with zero attached hydrogens (tertiary/aromatic N) is 2. The quantitative estimate of drug-likeness (QED) is 0.431. The van der Waals surface area contributed by atoms with Gasteiger partial charge in [-0.1, -0.05) is 0 Å². The number of carbonyl (C=O) groups is 1. The Balaban J connectivity index is 1.39. The molecule has 4 aromatic rings. The van der Waals surface area contributed by atoms with Gasteiger partial charge in [0, 0.05) is 18.0 Å². The molecule has 2 aromatic heterocycles. The van der Waals surface area contributed by atoms with Crippen LogP contribution >= 0.6 is 0 Å². The first-order valence-corrected chi connectivity index (χ1v) is 10.0. The number of rotatable bonds is 5. The van der Waals surface area contributed by atoms with Crippen LogP contribution in [0.5, 0.6) is 0 Å². The Labute approximate surface area is 179 Å². The van der Waals surface area contributed by atoms with Crippen molar-refractivity contribution in [1.82, 2.24) is 20.6 Å². The lowest BCUT2D eigenvalue weighted by Crippen LogP contribution is -2.35. The summed E-state index contributed by atoms with van der Waals surface area (Å²) in [5.41, 5.74) is 7.78. The summed E-state index contributed by atoms with van der Waals surface area (Å²) in [6, 6.07) is 8.00. The molecule has 0 unspecified atom stereocenters. The third kappa shape index (κ3) is 3.47. The van der Waals surface area contributed by atoms with Crippen LogP contribution in [0, 0.1) is 23.4 Å². The molecule has 1 saturated carbocycles. The molecule has 0 saturated heterocycles. The first-order chi connectivity index (χ1) is 15.4. The van der Waals surface area contributed by atoms with Crippen LogP contribution in [0.1, 0.15) is 34.8 Å². The normalized spacial score (nSPS) is 18.0. The smallest absolute Gasteiger partial charge is 0.277 e. The number of anilines is 1. The van der Waals surface area contributed by atoms with Gasteiger partial charge >= 0.3 is 0 Å². The van der Waals surface area contributed by atoms with Crippen LogP contribution < -0.4 is 11.1 Å². The van der Waals surface area contributed by atoms with Gasteiger partial charge in [0.1, 0.15) is 17.5 Å². The van der Waals surface area contributed by atoms with E-state index in [-0.39, 0.29) is 34.7 Å². The van der Waals surface area contributed by atoms with Gasteiger partial charge in [-0.3, -0.25) is 4.79 Å². The number of aromatic nitrogens is 3. The lowest BCUT2D eigenvalue weighted by molar-refractivity contribution is 0.0926. The average molecular weight is 441 g/mol. The standard InChI is InChI=1S/C22H18F3N5O2/c23-13-3-1-11(2-4-13)18-17(15-7-14(24)8-16(25)19(15)28-18)12-5-10(6-12)9-27-22(31)20-21(26)30-32-29-20/h1-4,7-8,10,12,28H,5-6,9H2,(H2,26,30)(H,27,31)/t10-,12-. The second kappa shape index (κ2) is 7.70. The minimum atomic E-state index is -0.684. The highest BCUT2D eigenvalue weighted by molar-refractivity contribution is 5.96. The van der Waals surface area contributed by atoms with Gasteiger partial charge in [0.05, 0.1) is 11.2 Å². The number of H-pyrrole nitrogens is 1. The maximum absolute atomic E-state index is 14.5. The number of hydrogen-bond donors (Lipinski definition) is 3. The summed E-state index contributed by atoms with van der Waals surface area (Å²) in [7, 11) is 0. The summed E-state index contributed by atoms with van der Waals surface area (Å²) in [6.45, 7) is 0.387. The molecule has 1 fully saturated rings. The largest absolute Gasteiger partial charge is 0.379 e. The van der Waals surface area contributed by atoms with Crippen molar-refractivity contribution in [3.05, 3.63) is 65.1 Å². The van der Waals surface area contributed by atoms with Crippen LogP contribution in [-0.4, -0.2) is 27.7 Å². The topological polar surface area (TPSA) is 110 Å². The average Bonchev–Trinajstić information content (AvgIpc) is 3.31. The van der Waals surface area contributed by atoms with Crippen LogP contribution in [-0.2, 0) is 0 Å². The lowest BCUT2D eigenvalue weighted by atomic mass is 9.70. The fraction of sp³-hybridized carbons (Fsp3) is 0.227. The van der Waals surface area contributed by atoms with Crippen LogP contribution in [0.15, 0.2) is 41.0 Å². The molecule has 164 valence electrons. The molecule has 1 aliphatic carbocycles. The number of nitrogens with one attached hydrogen (secondary N) is 2. The first kappa shape index (κ1) is 20.1. The minimum absolute atomic E-state index is 0.0192. The zero-order valence-electron chi connectivity index (χ0n) is 16.7. The molecule has 1 aliphatic rings. The van der Waals surface area contributed by atoms with E-state index >= 15 is 0 Å². The Morgan fingerprint density at radius 3 is 2.56 bits per heavy atom. The summed E-state index contributed by atoms with van der Waals surface area (Å²) < 4.78 is 46.3. The van der Waals surface area contributed by atoms with Gasteiger partial charge in [0.25, 0.3) is 5.91 Å². The van der Waals surface area contributed by atoms with Crippen molar-refractivity contribution in [2.24, 2.45) is 5.92 Å². The van der Waals surface area contributed by atoms with Crippen molar-refractivity contribution in [1.29, 1.82) is 0 Å². The van der Waals surface area contributed by atoms with E-state index in [1.54, 1.807) is 12.1 Å². The van der Waals surface area contributed by atoms with Gasteiger partial charge < -0.3 is 16.0 Å². The second-order valence-corrected chi connectivity index (χ2v) is 7.97. The van der Waals surface area contributed by atoms with E-state index in [2.05, 4.69) is 25.2 Å². The number of halogens is 3. The summed E-state index contributed by atoms with van der Waals surface area (Å²) in [5.74, 6) is -2.11. The van der Waals surface area contributed by atoms with E-state index < -0.39 is 17.5 Å². The minimum Gasteiger partial charge on any atom is -0.379 e. The number of amides is 1. The van der Waals surface area contributed by atoms with E-state index in [1.165, 1.54) is 18.2 Å². The maximum Gasteiger partial charge on any atom is 0.277 e. The SMILES string of the molecule is Nc1nonc1C(=O)NC[C@H]1C[C@H](c2c(-c3ccc(F)cc3)[nH]c3c(F)cc(F)cc32)C1. The maximum atomic E-state index is 14.5. The van der Waals surface area contributed by atoms with Crippen LogP contribution in [0.2, 0.25) is 0 Å². The monoisotopic (exact) mass is 441 g/mol. The highest BCUT2D eigenvalue weighted by Gasteiger charge is 2.35. The van der Waals surface area contributed by atoms with Gasteiger partial charge in [0.15, 0.2) is 0 Å². The molecule has 32 heavy (non-hydrogen) atoms. The van der Waals surface area contributed by atoms with Crippen LogP contribution in [0.3, 0.4) is 0 Å². The molecular formula is C22H18F3N5O2. The Hall–Kier alpha value is -3.82. The molecule has 0 spiro atoms. The molecule has 1 amide bonds. The number of benzene rings is 2. The second-order valence-electron chi connectivity index (χ2n) is 7.97. The van der Waals surface area contributed by atoms with Gasteiger partial charge in [-0.15, -0.1) is 0 Å². The van der Waals surface area contributed by atoms with E-state index in [4.69, 9.17) is 5.73 Å². The van der Waals surface area contributed by atoms with Crippen molar-refractivity contribution in [3.8, 4) is 11.3 Å². The molecule has 7 nitrogen and oxygen atoms in total. The highest BCUT2D eigenvalue weighted by Crippen LogP contribution is 2.48. The molecule has 0 atom stereocenters. The predicted octanol–water partition coefficient (Wildman–Crippen LogP) is 4.14. The van der Waals surface area contributed by atoms with E-state index in [0.717, 1.165) is 11.6 Å². The Kier molecular flexibility index (Phi) is 4.84. The zero-order valence-corrected chi connectivity index (χ0v) is 16.7. The third-order valence-electron chi connectivity index (χ3n) is 5.92. The molecule has 10 heteroatoms. The number of aromatic amines is 1. The summed E-state index contributed by atoms with van der Waals surface area (Å²) in [4.78, 5) is 15.2. The molecule has 4 N–H and O–H groups in total. The molecule has 0 aliphatic heterocycles. The Bertz CT molecular complexity index is 1310. The van der Waals surface area contributed by atoms with Gasteiger partial charge in [0.2, 0.25) is 11.5 Å². The van der Waals surface area contributed by atoms with Gasteiger partial charge in [-0.05, 0) is 76.4 Å². The fourth-order valence-corrected chi connectivity index (χ4v) is 4.32. The molecule has 2 heterocycles. The molecular weight excluding hydrogens is 423 g/mol. The summed E-state index contributed by atoms with van der Waals surface area (Å²) in [6.07, 6.45) is 1.40. The Morgan fingerprint density at radius 1 is 1.12 bits per heavy atom. The van der Waals surface area contributed by atoms with Crippen molar-refractivity contribution in [3.63, 3.8) is 0 Å². The molecule has 0 radical (unpaired) electrons. The molecule has 0 bridgehead atoms. The molecule has 5 rings (SSSR count).